The number of aromatic nitrogens is 2. The van der Waals surface area contributed by atoms with E-state index in [0.717, 1.165) is 5.56 Å². The molecule has 0 fully saturated rings. The van der Waals surface area contributed by atoms with Gasteiger partial charge in [-0.2, -0.15) is 5.10 Å². The molecule has 0 saturated heterocycles. The van der Waals surface area contributed by atoms with Gasteiger partial charge >= 0.3 is 0 Å². The Morgan fingerprint density at radius 3 is 2.67 bits per heavy atom. The van der Waals surface area contributed by atoms with Crippen LogP contribution in [0.2, 0.25) is 0 Å². The van der Waals surface area contributed by atoms with Crippen molar-refractivity contribution in [2.75, 3.05) is 6.61 Å². The Bertz CT molecular complexity index is 677. The molecule has 112 valence electrons. The van der Waals surface area contributed by atoms with Gasteiger partial charge in [0.25, 0.3) is 5.56 Å². The van der Waals surface area contributed by atoms with Gasteiger partial charge in [0.15, 0.2) is 0 Å². The zero-order valence-electron chi connectivity index (χ0n) is 12.7. The predicted molar refractivity (Wildman–Crippen MR) is 82.7 cm³/mol. The van der Waals surface area contributed by atoms with Crippen LogP contribution in [0.1, 0.15) is 23.6 Å². The molecule has 1 heterocycles. The van der Waals surface area contributed by atoms with E-state index in [2.05, 4.69) is 31.1 Å². The van der Waals surface area contributed by atoms with Gasteiger partial charge in [0.1, 0.15) is 12.4 Å². The summed E-state index contributed by atoms with van der Waals surface area (Å²) in [6.45, 7) is 6.78. The van der Waals surface area contributed by atoms with Gasteiger partial charge in [0.05, 0.1) is 12.7 Å². The Morgan fingerprint density at radius 2 is 2.05 bits per heavy atom. The molecule has 0 saturated carbocycles. The van der Waals surface area contributed by atoms with E-state index in [4.69, 9.17) is 10.5 Å². The lowest BCUT2D eigenvalue weighted by Crippen LogP contribution is -2.26. The molecule has 1 aromatic heterocycles. The first-order valence-corrected chi connectivity index (χ1v) is 6.97. The SMILES string of the molecule is Cc1ccc(Cn2ncc(OCC(C)N)cc2=O)cc1C. The standard InChI is InChI=1S/C16H21N3O2/c1-11-4-5-14(6-12(11)2)9-19-16(20)7-15(8-18-19)21-10-13(3)17/h4-8,13H,9-10,17H2,1-3H3. The summed E-state index contributed by atoms with van der Waals surface area (Å²) >= 11 is 0. The van der Waals surface area contributed by atoms with Gasteiger partial charge in [-0.25, -0.2) is 4.68 Å². The van der Waals surface area contributed by atoms with E-state index in [1.165, 1.54) is 21.9 Å². The molecule has 5 heteroatoms. The monoisotopic (exact) mass is 287 g/mol. The van der Waals surface area contributed by atoms with Crippen molar-refractivity contribution in [3.8, 4) is 5.75 Å². The second-order valence-electron chi connectivity index (χ2n) is 5.39. The van der Waals surface area contributed by atoms with Gasteiger partial charge < -0.3 is 10.5 Å². The summed E-state index contributed by atoms with van der Waals surface area (Å²) in [5.74, 6) is 0.452. The highest BCUT2D eigenvalue weighted by Gasteiger charge is 2.04. The van der Waals surface area contributed by atoms with E-state index in [1.54, 1.807) is 6.20 Å². The average Bonchev–Trinajstić information content (AvgIpc) is 2.43. The van der Waals surface area contributed by atoms with Crippen molar-refractivity contribution in [3.05, 3.63) is 57.5 Å². The zero-order chi connectivity index (χ0) is 15.4. The van der Waals surface area contributed by atoms with Gasteiger partial charge in [-0.15, -0.1) is 0 Å². The quantitative estimate of drug-likeness (QED) is 0.907. The highest BCUT2D eigenvalue weighted by molar-refractivity contribution is 5.30. The highest BCUT2D eigenvalue weighted by Crippen LogP contribution is 2.11. The lowest BCUT2D eigenvalue weighted by Gasteiger charge is -2.10. The third-order valence-corrected chi connectivity index (χ3v) is 3.26. The number of rotatable bonds is 5. The van der Waals surface area contributed by atoms with Crippen LogP contribution in [0.25, 0.3) is 0 Å². The third kappa shape index (κ3) is 4.16. The number of nitrogens with zero attached hydrogens (tertiary/aromatic N) is 2. The lowest BCUT2D eigenvalue weighted by molar-refractivity contribution is 0.293. The first-order valence-electron chi connectivity index (χ1n) is 6.97. The minimum Gasteiger partial charge on any atom is -0.490 e. The van der Waals surface area contributed by atoms with E-state index in [1.807, 2.05) is 13.0 Å². The molecule has 2 rings (SSSR count). The molecule has 0 radical (unpaired) electrons. The van der Waals surface area contributed by atoms with E-state index in [0.29, 0.717) is 18.9 Å². The largest absolute Gasteiger partial charge is 0.490 e. The maximum Gasteiger partial charge on any atom is 0.270 e. The summed E-state index contributed by atoms with van der Waals surface area (Å²) in [5.41, 5.74) is 8.92. The molecule has 0 amide bonds. The Kier molecular flexibility index (Phi) is 4.75. The van der Waals surface area contributed by atoms with E-state index in [-0.39, 0.29) is 11.6 Å². The molecule has 1 atom stereocenters. The molecule has 2 N–H and O–H groups in total. The van der Waals surface area contributed by atoms with Crippen LogP contribution in [0, 0.1) is 13.8 Å². The zero-order valence-corrected chi connectivity index (χ0v) is 12.7. The van der Waals surface area contributed by atoms with Crippen molar-refractivity contribution < 1.29 is 4.74 Å². The first kappa shape index (κ1) is 15.3. The fourth-order valence-corrected chi connectivity index (χ4v) is 1.92. The lowest BCUT2D eigenvalue weighted by atomic mass is 10.1. The highest BCUT2D eigenvalue weighted by atomic mass is 16.5. The van der Waals surface area contributed by atoms with Crippen LogP contribution < -0.4 is 16.0 Å². The van der Waals surface area contributed by atoms with Gasteiger partial charge in [-0.1, -0.05) is 18.2 Å². The van der Waals surface area contributed by atoms with Crippen LogP contribution in [0.5, 0.6) is 5.75 Å². The number of nitrogens with two attached hydrogens (primary N) is 1. The molecule has 0 aliphatic carbocycles. The molecule has 1 unspecified atom stereocenters. The molecule has 0 aliphatic rings. The van der Waals surface area contributed by atoms with Crippen molar-refractivity contribution in [3.63, 3.8) is 0 Å². The molecule has 5 nitrogen and oxygen atoms in total. The van der Waals surface area contributed by atoms with Crippen molar-refractivity contribution in [2.24, 2.45) is 5.73 Å². The van der Waals surface area contributed by atoms with Crippen molar-refractivity contribution >= 4 is 0 Å². The third-order valence-electron chi connectivity index (χ3n) is 3.26. The minimum absolute atomic E-state index is 0.0806. The average molecular weight is 287 g/mol. The Labute approximate surface area is 124 Å². The normalized spacial score (nSPS) is 12.2. The van der Waals surface area contributed by atoms with Gasteiger partial charge in [-0.05, 0) is 37.5 Å². The van der Waals surface area contributed by atoms with Crippen molar-refractivity contribution in [1.29, 1.82) is 0 Å². The maximum absolute atomic E-state index is 12.0. The molecule has 0 spiro atoms. The summed E-state index contributed by atoms with van der Waals surface area (Å²) in [5, 5.41) is 4.14. The Hall–Kier alpha value is -2.14. The summed E-state index contributed by atoms with van der Waals surface area (Å²) in [6.07, 6.45) is 1.55. The van der Waals surface area contributed by atoms with Crippen LogP contribution in [0.3, 0.4) is 0 Å². The fraction of sp³-hybridized carbons (Fsp3) is 0.375. The van der Waals surface area contributed by atoms with Crippen molar-refractivity contribution in [1.82, 2.24) is 9.78 Å². The summed E-state index contributed by atoms with van der Waals surface area (Å²) in [4.78, 5) is 12.0. The number of ether oxygens (including phenoxy) is 1. The maximum atomic E-state index is 12.0. The molecular weight excluding hydrogens is 266 g/mol. The number of hydrogen-bond acceptors (Lipinski definition) is 4. The molecule has 2 aromatic rings. The van der Waals surface area contributed by atoms with Gasteiger partial charge in [0.2, 0.25) is 0 Å². The second kappa shape index (κ2) is 6.54. The fourth-order valence-electron chi connectivity index (χ4n) is 1.92. The van der Waals surface area contributed by atoms with Crippen LogP contribution in [-0.4, -0.2) is 22.4 Å². The van der Waals surface area contributed by atoms with E-state index < -0.39 is 0 Å². The van der Waals surface area contributed by atoms with Crippen LogP contribution in [0.4, 0.5) is 0 Å². The molecule has 1 aromatic carbocycles. The molecule has 0 bridgehead atoms. The number of hydrogen-bond donors (Lipinski definition) is 1. The van der Waals surface area contributed by atoms with Crippen LogP contribution in [0.15, 0.2) is 35.3 Å². The molecule has 0 aliphatic heterocycles. The van der Waals surface area contributed by atoms with E-state index in [9.17, 15) is 4.79 Å². The van der Waals surface area contributed by atoms with Crippen molar-refractivity contribution in [2.45, 2.75) is 33.4 Å². The summed E-state index contributed by atoms with van der Waals surface area (Å²) in [7, 11) is 0. The van der Waals surface area contributed by atoms with Crippen LogP contribution in [-0.2, 0) is 6.54 Å². The first-order chi connectivity index (χ1) is 9.95. The van der Waals surface area contributed by atoms with Crippen LogP contribution >= 0.6 is 0 Å². The summed E-state index contributed by atoms with van der Waals surface area (Å²) < 4.78 is 6.81. The number of benzene rings is 1. The molecule has 21 heavy (non-hydrogen) atoms. The molecular formula is C16H21N3O2. The van der Waals surface area contributed by atoms with E-state index >= 15 is 0 Å². The second-order valence-corrected chi connectivity index (χ2v) is 5.39. The summed E-state index contributed by atoms with van der Waals surface area (Å²) in [6, 6.07) is 7.50. The Morgan fingerprint density at radius 1 is 1.29 bits per heavy atom. The predicted octanol–water partition coefficient (Wildman–Crippen LogP) is 1.63. The van der Waals surface area contributed by atoms with Gasteiger partial charge in [0, 0.05) is 12.1 Å². The Balaban J connectivity index is 2.13. The smallest absolute Gasteiger partial charge is 0.270 e. The topological polar surface area (TPSA) is 70.1 Å². The number of aryl methyl sites for hydroxylation is 2. The minimum atomic E-state index is -0.185. The van der Waals surface area contributed by atoms with Gasteiger partial charge in [-0.3, -0.25) is 4.79 Å².